The Morgan fingerprint density at radius 3 is 2.81 bits per heavy atom. The molecule has 1 aromatic carbocycles. The van der Waals surface area contributed by atoms with Crippen molar-refractivity contribution in [1.29, 1.82) is 0 Å². The average molecular weight is 353 g/mol. The van der Waals surface area contributed by atoms with Gasteiger partial charge < -0.3 is 13.9 Å². The molecular weight excluding hydrogens is 340 g/mol. The van der Waals surface area contributed by atoms with Crippen molar-refractivity contribution in [2.75, 3.05) is 7.11 Å². The van der Waals surface area contributed by atoms with E-state index in [1.165, 1.54) is 7.11 Å². The zero-order chi connectivity index (χ0) is 15.4. The molecule has 0 amide bonds. The number of hydrogen-bond donors (Lipinski definition) is 0. The number of benzene rings is 1. The summed E-state index contributed by atoms with van der Waals surface area (Å²) in [5.41, 5.74) is 0.795. The predicted molar refractivity (Wildman–Crippen MR) is 78.6 cm³/mol. The van der Waals surface area contributed by atoms with Crippen LogP contribution in [0.5, 0.6) is 5.75 Å². The van der Waals surface area contributed by atoms with E-state index in [0.717, 1.165) is 4.47 Å². The van der Waals surface area contributed by atoms with Crippen LogP contribution < -0.4 is 4.74 Å². The SMILES string of the molecule is COC(=O)c1cc(COc2ccc(Br)cc2C=O)oc1C. The second kappa shape index (κ2) is 6.58. The van der Waals surface area contributed by atoms with Crippen molar-refractivity contribution < 1.29 is 23.5 Å². The summed E-state index contributed by atoms with van der Waals surface area (Å²) in [7, 11) is 1.31. The summed E-state index contributed by atoms with van der Waals surface area (Å²) in [6.07, 6.45) is 0.716. The summed E-state index contributed by atoms with van der Waals surface area (Å²) in [6.45, 7) is 1.78. The van der Waals surface area contributed by atoms with Gasteiger partial charge in [-0.25, -0.2) is 4.79 Å². The second-order valence-electron chi connectivity index (χ2n) is 4.26. The van der Waals surface area contributed by atoms with Crippen LogP contribution in [0.4, 0.5) is 0 Å². The largest absolute Gasteiger partial charge is 0.485 e. The molecule has 2 rings (SSSR count). The highest BCUT2D eigenvalue weighted by Crippen LogP contribution is 2.23. The highest BCUT2D eigenvalue weighted by Gasteiger charge is 2.16. The smallest absolute Gasteiger partial charge is 0.341 e. The molecule has 110 valence electrons. The first-order chi connectivity index (χ1) is 10.0. The normalized spacial score (nSPS) is 10.2. The predicted octanol–water partition coefficient (Wildman–Crippen LogP) is 3.53. The molecule has 0 aliphatic rings. The van der Waals surface area contributed by atoms with Crippen molar-refractivity contribution in [2.45, 2.75) is 13.5 Å². The summed E-state index contributed by atoms with van der Waals surface area (Å²) >= 11 is 3.29. The Bertz CT molecular complexity index is 675. The number of carbonyl (C=O) groups is 2. The number of methoxy groups -OCH3 is 1. The first-order valence-electron chi connectivity index (χ1n) is 6.10. The zero-order valence-electron chi connectivity index (χ0n) is 11.5. The van der Waals surface area contributed by atoms with Crippen LogP contribution in [-0.4, -0.2) is 19.4 Å². The lowest BCUT2D eigenvalue weighted by atomic mass is 10.2. The zero-order valence-corrected chi connectivity index (χ0v) is 13.1. The fraction of sp³-hybridized carbons (Fsp3) is 0.200. The third-order valence-corrected chi connectivity index (χ3v) is 3.34. The molecule has 6 heteroatoms. The van der Waals surface area contributed by atoms with E-state index in [-0.39, 0.29) is 6.61 Å². The molecule has 0 aliphatic carbocycles. The molecule has 1 heterocycles. The van der Waals surface area contributed by atoms with E-state index in [4.69, 9.17) is 9.15 Å². The number of furan rings is 1. The van der Waals surface area contributed by atoms with Crippen LogP contribution in [0.3, 0.4) is 0 Å². The van der Waals surface area contributed by atoms with E-state index in [9.17, 15) is 9.59 Å². The minimum Gasteiger partial charge on any atom is -0.485 e. The fourth-order valence-electron chi connectivity index (χ4n) is 1.82. The molecule has 0 atom stereocenters. The van der Waals surface area contributed by atoms with Crippen molar-refractivity contribution >= 4 is 28.2 Å². The highest BCUT2D eigenvalue weighted by molar-refractivity contribution is 9.10. The molecule has 2 aromatic rings. The van der Waals surface area contributed by atoms with Gasteiger partial charge in [-0.3, -0.25) is 4.79 Å². The fourth-order valence-corrected chi connectivity index (χ4v) is 2.20. The lowest BCUT2D eigenvalue weighted by Crippen LogP contribution is -2.01. The maximum Gasteiger partial charge on any atom is 0.341 e. The number of aryl methyl sites for hydroxylation is 1. The van der Waals surface area contributed by atoms with Crippen LogP contribution in [-0.2, 0) is 11.3 Å². The summed E-state index contributed by atoms with van der Waals surface area (Å²) in [6, 6.07) is 6.69. The van der Waals surface area contributed by atoms with Gasteiger partial charge in [0.25, 0.3) is 0 Å². The molecule has 0 spiro atoms. The van der Waals surface area contributed by atoms with E-state index >= 15 is 0 Å². The van der Waals surface area contributed by atoms with Crippen molar-refractivity contribution in [3.05, 3.63) is 51.4 Å². The van der Waals surface area contributed by atoms with Crippen molar-refractivity contribution in [3.63, 3.8) is 0 Å². The first-order valence-corrected chi connectivity index (χ1v) is 6.89. The number of esters is 1. The van der Waals surface area contributed by atoms with Gasteiger partial charge in [-0.1, -0.05) is 15.9 Å². The topological polar surface area (TPSA) is 65.7 Å². The molecule has 0 unspecified atom stereocenters. The summed E-state index contributed by atoms with van der Waals surface area (Å²) in [4.78, 5) is 22.5. The molecule has 1 aromatic heterocycles. The van der Waals surface area contributed by atoms with Crippen LogP contribution in [0.15, 0.2) is 33.2 Å². The van der Waals surface area contributed by atoms with Gasteiger partial charge in [0.2, 0.25) is 0 Å². The molecular formula is C15H13BrO5. The number of rotatable bonds is 5. The molecule has 0 bridgehead atoms. The van der Waals surface area contributed by atoms with Crippen LogP contribution in [0, 0.1) is 6.92 Å². The Labute approximate surface area is 130 Å². The summed E-state index contributed by atoms with van der Waals surface area (Å²) in [5.74, 6) is 0.932. The number of carbonyl (C=O) groups excluding carboxylic acids is 2. The lowest BCUT2D eigenvalue weighted by Gasteiger charge is -2.06. The van der Waals surface area contributed by atoms with Crippen LogP contribution in [0.25, 0.3) is 0 Å². The van der Waals surface area contributed by atoms with Gasteiger partial charge in [-0.2, -0.15) is 0 Å². The summed E-state index contributed by atoms with van der Waals surface area (Å²) in [5, 5.41) is 0. The van der Waals surface area contributed by atoms with Gasteiger partial charge in [-0.05, 0) is 31.2 Å². The number of ether oxygens (including phenoxy) is 2. The third kappa shape index (κ3) is 3.52. The molecule has 5 nitrogen and oxygen atoms in total. The quantitative estimate of drug-likeness (QED) is 0.608. The highest BCUT2D eigenvalue weighted by atomic mass is 79.9. The first kappa shape index (κ1) is 15.3. The monoisotopic (exact) mass is 352 g/mol. The Hall–Kier alpha value is -2.08. The minimum atomic E-state index is -0.459. The molecule has 0 aliphatic heterocycles. The van der Waals surface area contributed by atoms with Crippen molar-refractivity contribution in [3.8, 4) is 5.75 Å². The third-order valence-electron chi connectivity index (χ3n) is 2.84. The minimum absolute atomic E-state index is 0.111. The Morgan fingerprint density at radius 2 is 2.14 bits per heavy atom. The van der Waals surface area contributed by atoms with Gasteiger partial charge in [-0.15, -0.1) is 0 Å². The van der Waals surface area contributed by atoms with Gasteiger partial charge in [0.1, 0.15) is 29.4 Å². The Kier molecular flexibility index (Phi) is 4.80. The van der Waals surface area contributed by atoms with Crippen molar-refractivity contribution in [2.24, 2.45) is 0 Å². The van der Waals surface area contributed by atoms with Gasteiger partial charge >= 0.3 is 5.97 Å². The van der Waals surface area contributed by atoms with E-state index in [1.807, 2.05) is 0 Å². The average Bonchev–Trinajstić information content (AvgIpc) is 2.86. The Morgan fingerprint density at radius 1 is 1.38 bits per heavy atom. The van der Waals surface area contributed by atoms with Crippen LogP contribution in [0.1, 0.15) is 32.2 Å². The van der Waals surface area contributed by atoms with Gasteiger partial charge in [0.15, 0.2) is 6.29 Å². The molecule has 0 saturated carbocycles. The number of hydrogen-bond acceptors (Lipinski definition) is 5. The van der Waals surface area contributed by atoms with E-state index in [1.54, 1.807) is 31.2 Å². The maximum absolute atomic E-state index is 11.5. The Balaban J connectivity index is 2.13. The van der Waals surface area contributed by atoms with Crippen LogP contribution >= 0.6 is 15.9 Å². The van der Waals surface area contributed by atoms with Gasteiger partial charge in [0, 0.05) is 4.47 Å². The van der Waals surface area contributed by atoms with Gasteiger partial charge in [0.05, 0.1) is 12.7 Å². The molecule has 21 heavy (non-hydrogen) atoms. The van der Waals surface area contributed by atoms with Crippen molar-refractivity contribution in [1.82, 2.24) is 0 Å². The van der Waals surface area contributed by atoms with E-state index in [2.05, 4.69) is 20.7 Å². The van der Waals surface area contributed by atoms with Crippen LogP contribution in [0.2, 0.25) is 0 Å². The van der Waals surface area contributed by atoms with E-state index < -0.39 is 5.97 Å². The number of aldehydes is 1. The molecule has 0 N–H and O–H groups in total. The van der Waals surface area contributed by atoms with E-state index in [0.29, 0.717) is 34.7 Å². The summed E-state index contributed by atoms with van der Waals surface area (Å²) < 4.78 is 16.4. The molecule has 0 radical (unpaired) electrons. The lowest BCUT2D eigenvalue weighted by molar-refractivity contribution is 0.0598. The standard InChI is InChI=1S/C15H13BrO5/c1-9-13(15(18)19-2)6-12(21-9)8-20-14-4-3-11(16)5-10(14)7-17/h3-7H,8H2,1-2H3. The number of halogens is 1. The maximum atomic E-state index is 11.5. The second-order valence-corrected chi connectivity index (χ2v) is 5.18. The molecule has 0 fully saturated rings. The molecule has 0 saturated heterocycles.